The average molecular weight is 521 g/mol. The lowest BCUT2D eigenvalue weighted by molar-refractivity contribution is -0.124. The number of hydrogen-bond acceptors (Lipinski definition) is 4. The van der Waals surface area contributed by atoms with E-state index in [1.54, 1.807) is 17.1 Å². The van der Waals surface area contributed by atoms with Gasteiger partial charge in [0.2, 0.25) is 0 Å². The molecule has 4 aliphatic carbocycles. The third-order valence-electron chi connectivity index (χ3n) is 9.36. The van der Waals surface area contributed by atoms with Crippen molar-refractivity contribution in [3.05, 3.63) is 64.2 Å². The highest BCUT2D eigenvalue weighted by atomic mass is 35.5. The summed E-state index contributed by atoms with van der Waals surface area (Å²) in [5.41, 5.74) is 8.05. The second-order valence-corrected chi connectivity index (χ2v) is 12.2. The maximum absolute atomic E-state index is 11.4. The topological polar surface area (TPSA) is 61.8 Å². The molecular formula is C31H37ClN2O3. The number of amides is 1. The normalized spacial score (nSPS) is 29.2. The molecule has 37 heavy (non-hydrogen) atoms. The number of carbonyl (C=O) groups is 1. The molecule has 4 saturated carbocycles. The Morgan fingerprint density at radius 3 is 2.41 bits per heavy atom. The monoisotopic (exact) mass is 520 g/mol. The van der Waals surface area contributed by atoms with Gasteiger partial charge in [-0.15, -0.1) is 0 Å². The molecule has 0 spiro atoms. The minimum atomic E-state index is -0.562. The highest BCUT2D eigenvalue weighted by molar-refractivity contribution is 6.33. The Morgan fingerprint density at radius 1 is 1.05 bits per heavy atom. The Kier molecular flexibility index (Phi) is 7.15. The van der Waals surface area contributed by atoms with E-state index in [0.29, 0.717) is 10.4 Å². The second kappa shape index (κ2) is 10.5. The molecule has 2 aromatic rings. The average Bonchev–Trinajstić information content (AvgIpc) is 2.90. The van der Waals surface area contributed by atoms with Crippen LogP contribution in [0.1, 0.15) is 55.2 Å². The largest absolute Gasteiger partial charge is 0.379 e. The zero-order chi connectivity index (χ0) is 25.4. The number of halogens is 1. The highest BCUT2D eigenvalue weighted by Crippen LogP contribution is 2.61. The van der Waals surface area contributed by atoms with Crippen LogP contribution >= 0.6 is 11.6 Å². The summed E-state index contributed by atoms with van der Waals surface area (Å²) < 4.78 is 5.57. The van der Waals surface area contributed by atoms with E-state index in [4.69, 9.17) is 21.5 Å². The van der Waals surface area contributed by atoms with Crippen LogP contribution in [0.4, 0.5) is 0 Å². The summed E-state index contributed by atoms with van der Waals surface area (Å²) in [6.07, 6.45) is 12.4. The molecule has 6 heteroatoms. The molecule has 0 atom stereocenters. The van der Waals surface area contributed by atoms with Crippen LogP contribution in [-0.2, 0) is 21.4 Å². The lowest BCUT2D eigenvalue weighted by Crippen LogP contribution is -2.49. The van der Waals surface area contributed by atoms with Crippen LogP contribution in [0.25, 0.3) is 17.2 Å². The van der Waals surface area contributed by atoms with Gasteiger partial charge in [-0.2, -0.15) is 0 Å². The van der Waals surface area contributed by atoms with Gasteiger partial charge in [0.25, 0.3) is 5.91 Å². The number of hydroxylamine groups is 1. The quantitative estimate of drug-likeness (QED) is 0.272. The molecule has 5 fully saturated rings. The van der Waals surface area contributed by atoms with E-state index in [1.165, 1.54) is 55.7 Å². The van der Waals surface area contributed by atoms with Crippen molar-refractivity contribution in [2.75, 3.05) is 32.8 Å². The summed E-state index contributed by atoms with van der Waals surface area (Å²) in [6.45, 7) is 4.83. The van der Waals surface area contributed by atoms with Crippen LogP contribution in [0.3, 0.4) is 0 Å². The fourth-order valence-electron chi connectivity index (χ4n) is 8.08. The van der Waals surface area contributed by atoms with E-state index in [1.807, 2.05) is 18.2 Å². The molecule has 0 radical (unpaired) electrons. The van der Waals surface area contributed by atoms with E-state index in [0.717, 1.165) is 68.1 Å². The van der Waals surface area contributed by atoms with Gasteiger partial charge in [-0.25, -0.2) is 5.48 Å². The third-order valence-corrected chi connectivity index (χ3v) is 9.67. The van der Waals surface area contributed by atoms with Crippen LogP contribution in [0.2, 0.25) is 5.02 Å². The molecule has 5 nitrogen and oxygen atoms in total. The third kappa shape index (κ3) is 5.24. The maximum Gasteiger partial charge on any atom is 0.267 e. The maximum atomic E-state index is 11.4. The number of rotatable bonds is 7. The van der Waals surface area contributed by atoms with Crippen molar-refractivity contribution in [1.29, 1.82) is 0 Å². The summed E-state index contributed by atoms with van der Waals surface area (Å²) in [7, 11) is 0. The molecule has 2 N–H and O–H groups in total. The Bertz CT molecular complexity index is 1150. The Balaban J connectivity index is 1.33. The van der Waals surface area contributed by atoms with Crippen molar-refractivity contribution in [3.8, 4) is 11.1 Å². The van der Waals surface area contributed by atoms with Crippen molar-refractivity contribution in [1.82, 2.24) is 10.4 Å². The van der Waals surface area contributed by atoms with Gasteiger partial charge < -0.3 is 4.74 Å². The first-order valence-corrected chi connectivity index (χ1v) is 14.2. The van der Waals surface area contributed by atoms with Gasteiger partial charge in [-0.1, -0.05) is 41.9 Å². The molecule has 1 amide bonds. The molecule has 0 aromatic heterocycles. The van der Waals surface area contributed by atoms with Crippen molar-refractivity contribution in [3.63, 3.8) is 0 Å². The number of nitrogens with one attached hydrogen (secondary N) is 1. The van der Waals surface area contributed by atoms with Gasteiger partial charge >= 0.3 is 0 Å². The number of ether oxygens (including phenoxy) is 1. The van der Waals surface area contributed by atoms with Gasteiger partial charge in [0, 0.05) is 36.3 Å². The summed E-state index contributed by atoms with van der Waals surface area (Å²) >= 11 is 6.78. The molecule has 1 heterocycles. The van der Waals surface area contributed by atoms with Gasteiger partial charge in [0.05, 0.1) is 13.2 Å². The fourth-order valence-corrected chi connectivity index (χ4v) is 8.38. The number of carbonyl (C=O) groups excluding carboxylic acids is 1. The lowest BCUT2D eigenvalue weighted by Gasteiger charge is -2.57. The summed E-state index contributed by atoms with van der Waals surface area (Å²) in [6, 6.07) is 13.0. The molecule has 7 rings (SSSR count). The van der Waals surface area contributed by atoms with Gasteiger partial charge in [-0.3, -0.25) is 14.9 Å². The SMILES string of the molecule is O=C(/C=C/c1ccc(-c2ccc(CCN3CCOCC3)c(C34CC5CC(CC(C5)C3)C4)c2)c(Cl)c1)NO. The standard InChI is InChI=1S/C31H37ClN2O3/c32-29-16-21(2-6-30(35)33-36)1-5-27(29)26-4-3-25(7-8-34-9-11-37-12-10-34)28(17-26)31-18-22-13-23(19-31)15-24(14-22)20-31/h1-6,16-17,22-24,36H,7-15,18-20H2,(H,33,35)/b6-2+. The smallest absolute Gasteiger partial charge is 0.267 e. The summed E-state index contributed by atoms with van der Waals surface area (Å²) in [5.74, 6) is 2.13. The van der Waals surface area contributed by atoms with E-state index in [2.05, 4.69) is 23.1 Å². The fraction of sp³-hybridized carbons (Fsp3) is 0.516. The van der Waals surface area contributed by atoms with Crippen LogP contribution in [0, 0.1) is 17.8 Å². The predicted octanol–water partition coefficient (Wildman–Crippen LogP) is 5.87. The molecule has 1 saturated heterocycles. The van der Waals surface area contributed by atoms with Crippen molar-refractivity contribution < 1.29 is 14.7 Å². The zero-order valence-electron chi connectivity index (χ0n) is 21.4. The molecule has 196 valence electrons. The predicted molar refractivity (Wildman–Crippen MR) is 147 cm³/mol. The molecule has 2 aromatic carbocycles. The Labute approximate surface area is 224 Å². The van der Waals surface area contributed by atoms with Crippen LogP contribution in [0.15, 0.2) is 42.5 Å². The van der Waals surface area contributed by atoms with Crippen molar-refractivity contribution in [2.45, 2.75) is 50.4 Å². The van der Waals surface area contributed by atoms with Gasteiger partial charge in [0.1, 0.15) is 0 Å². The molecule has 5 aliphatic rings. The molecule has 1 aliphatic heterocycles. The minimum Gasteiger partial charge on any atom is -0.379 e. The van der Waals surface area contributed by atoms with E-state index in [-0.39, 0.29) is 0 Å². The van der Waals surface area contributed by atoms with Crippen LogP contribution in [0.5, 0.6) is 0 Å². The Morgan fingerprint density at radius 2 is 1.76 bits per heavy atom. The second-order valence-electron chi connectivity index (χ2n) is 11.8. The van der Waals surface area contributed by atoms with Crippen LogP contribution < -0.4 is 5.48 Å². The van der Waals surface area contributed by atoms with E-state index >= 15 is 0 Å². The van der Waals surface area contributed by atoms with Crippen molar-refractivity contribution in [2.24, 2.45) is 17.8 Å². The number of hydrogen-bond donors (Lipinski definition) is 2. The first-order valence-electron chi connectivity index (χ1n) is 13.9. The molecular weight excluding hydrogens is 484 g/mol. The Hall–Kier alpha value is -2.18. The first kappa shape index (κ1) is 25.1. The van der Waals surface area contributed by atoms with Crippen molar-refractivity contribution >= 4 is 23.6 Å². The van der Waals surface area contributed by atoms with Gasteiger partial charge in [-0.05, 0) is 103 Å². The van der Waals surface area contributed by atoms with Crippen LogP contribution in [-0.4, -0.2) is 48.9 Å². The zero-order valence-corrected chi connectivity index (χ0v) is 22.2. The molecule has 4 bridgehead atoms. The summed E-state index contributed by atoms with van der Waals surface area (Å²) in [5, 5.41) is 9.39. The molecule has 0 unspecified atom stereocenters. The van der Waals surface area contributed by atoms with E-state index in [9.17, 15) is 4.79 Å². The minimum absolute atomic E-state index is 0.317. The first-order chi connectivity index (χ1) is 18.0. The number of morpholine rings is 1. The summed E-state index contributed by atoms with van der Waals surface area (Å²) in [4.78, 5) is 13.9. The number of benzene rings is 2. The lowest BCUT2D eigenvalue weighted by atomic mass is 9.47. The van der Waals surface area contributed by atoms with Gasteiger partial charge in [0.15, 0.2) is 0 Å². The number of nitrogens with zero attached hydrogens (tertiary/aromatic N) is 1. The highest BCUT2D eigenvalue weighted by Gasteiger charge is 2.52. The van der Waals surface area contributed by atoms with E-state index < -0.39 is 5.91 Å².